The largest absolute Gasteiger partial charge is 0.497 e. The van der Waals surface area contributed by atoms with Gasteiger partial charge in [0, 0.05) is 17.3 Å². The SMILES string of the molecule is C=CCn1c(SCC(=O)Nc2ccc(C)c(Cl)c2)nnc1[C@H](C)NC(=O)Cc1ccc(OC)cc1. The van der Waals surface area contributed by atoms with Crippen LogP contribution >= 0.6 is 23.4 Å². The number of carbonyl (C=O) groups excluding carboxylic acids is 2. The molecule has 184 valence electrons. The first kappa shape index (κ1) is 26.3. The van der Waals surface area contributed by atoms with E-state index in [4.69, 9.17) is 16.3 Å². The molecule has 0 radical (unpaired) electrons. The summed E-state index contributed by atoms with van der Waals surface area (Å²) in [5.41, 5.74) is 2.45. The van der Waals surface area contributed by atoms with Gasteiger partial charge in [0.05, 0.1) is 25.3 Å². The summed E-state index contributed by atoms with van der Waals surface area (Å²) >= 11 is 7.39. The summed E-state index contributed by atoms with van der Waals surface area (Å²) in [6.45, 7) is 7.99. The number of ether oxygens (including phenoxy) is 1. The first-order valence-corrected chi connectivity index (χ1v) is 12.3. The van der Waals surface area contributed by atoms with Crippen LogP contribution < -0.4 is 15.4 Å². The molecule has 0 aliphatic rings. The average Bonchev–Trinajstić information content (AvgIpc) is 3.23. The number of hydrogen-bond donors (Lipinski definition) is 2. The molecule has 1 atom stereocenters. The molecule has 0 fully saturated rings. The number of benzene rings is 2. The third-order valence-corrected chi connectivity index (χ3v) is 6.51. The molecule has 2 amide bonds. The van der Waals surface area contributed by atoms with E-state index >= 15 is 0 Å². The topological polar surface area (TPSA) is 98.1 Å². The minimum absolute atomic E-state index is 0.138. The van der Waals surface area contributed by atoms with Gasteiger partial charge in [-0.3, -0.25) is 9.59 Å². The Bertz CT molecular complexity index is 1200. The summed E-state index contributed by atoms with van der Waals surface area (Å²) < 4.78 is 6.99. The van der Waals surface area contributed by atoms with Crippen LogP contribution in [0.2, 0.25) is 5.02 Å². The molecule has 1 heterocycles. The highest BCUT2D eigenvalue weighted by molar-refractivity contribution is 7.99. The van der Waals surface area contributed by atoms with Crippen LogP contribution in [0.15, 0.2) is 60.3 Å². The zero-order valence-corrected chi connectivity index (χ0v) is 21.4. The van der Waals surface area contributed by atoms with Crippen molar-refractivity contribution < 1.29 is 14.3 Å². The Morgan fingerprint density at radius 3 is 2.60 bits per heavy atom. The van der Waals surface area contributed by atoms with Crippen LogP contribution in [-0.2, 0) is 22.6 Å². The van der Waals surface area contributed by atoms with Crippen LogP contribution in [0, 0.1) is 6.92 Å². The van der Waals surface area contributed by atoms with Crippen LogP contribution in [0.5, 0.6) is 5.75 Å². The standard InChI is InChI=1S/C25H28ClN5O3S/c1-5-12-31-24(17(3)27-22(32)13-18-7-10-20(34-4)11-8-18)29-30-25(31)35-15-23(33)28-19-9-6-16(2)21(26)14-19/h5-11,14,17H,1,12-13,15H2,2-4H3,(H,27,32)(H,28,33)/t17-/m0/s1. The first-order valence-electron chi connectivity index (χ1n) is 11.0. The monoisotopic (exact) mass is 513 g/mol. The van der Waals surface area contributed by atoms with Crippen LogP contribution in [0.25, 0.3) is 0 Å². The number of thioether (sulfide) groups is 1. The normalized spacial score (nSPS) is 11.5. The number of carbonyl (C=O) groups is 2. The van der Waals surface area contributed by atoms with Crippen LogP contribution in [0.4, 0.5) is 5.69 Å². The quantitative estimate of drug-likeness (QED) is 0.287. The number of hydrogen-bond acceptors (Lipinski definition) is 6. The van der Waals surface area contributed by atoms with E-state index in [-0.39, 0.29) is 30.0 Å². The molecule has 0 aliphatic heterocycles. The molecule has 0 spiro atoms. The molecule has 2 N–H and O–H groups in total. The maximum Gasteiger partial charge on any atom is 0.234 e. The van der Waals surface area contributed by atoms with E-state index in [9.17, 15) is 9.59 Å². The second-order valence-electron chi connectivity index (χ2n) is 7.85. The van der Waals surface area contributed by atoms with Crippen molar-refractivity contribution in [2.24, 2.45) is 0 Å². The number of anilines is 1. The van der Waals surface area contributed by atoms with Crippen molar-refractivity contribution in [3.63, 3.8) is 0 Å². The van der Waals surface area contributed by atoms with Crippen molar-refractivity contribution >= 4 is 40.9 Å². The lowest BCUT2D eigenvalue weighted by atomic mass is 10.1. The molecule has 0 saturated carbocycles. The van der Waals surface area contributed by atoms with Crippen molar-refractivity contribution in [3.8, 4) is 5.75 Å². The number of nitrogens with zero attached hydrogens (tertiary/aromatic N) is 3. The predicted molar refractivity (Wildman–Crippen MR) is 139 cm³/mol. The highest BCUT2D eigenvalue weighted by Gasteiger charge is 2.20. The molecule has 3 aromatic rings. The number of amides is 2. The third-order valence-electron chi connectivity index (χ3n) is 5.13. The van der Waals surface area contributed by atoms with Gasteiger partial charge in [0.25, 0.3) is 0 Å². The molecule has 2 aromatic carbocycles. The van der Waals surface area contributed by atoms with Crippen molar-refractivity contribution in [2.75, 3.05) is 18.2 Å². The lowest BCUT2D eigenvalue weighted by Crippen LogP contribution is -2.30. The molecule has 10 heteroatoms. The molecule has 0 bridgehead atoms. The van der Waals surface area contributed by atoms with Crippen molar-refractivity contribution in [2.45, 2.75) is 38.0 Å². The Morgan fingerprint density at radius 1 is 1.20 bits per heavy atom. The maximum atomic E-state index is 12.6. The van der Waals surface area contributed by atoms with Gasteiger partial charge in [-0.25, -0.2) is 0 Å². The van der Waals surface area contributed by atoms with Crippen molar-refractivity contribution in [1.29, 1.82) is 0 Å². The van der Waals surface area contributed by atoms with E-state index < -0.39 is 0 Å². The van der Waals surface area contributed by atoms with E-state index in [1.54, 1.807) is 25.3 Å². The van der Waals surface area contributed by atoms with E-state index in [2.05, 4.69) is 27.4 Å². The maximum absolute atomic E-state index is 12.6. The number of nitrogens with one attached hydrogen (secondary N) is 2. The summed E-state index contributed by atoms with van der Waals surface area (Å²) in [6.07, 6.45) is 1.95. The molecule has 0 saturated heterocycles. The lowest BCUT2D eigenvalue weighted by Gasteiger charge is -2.15. The molecule has 35 heavy (non-hydrogen) atoms. The highest BCUT2D eigenvalue weighted by Crippen LogP contribution is 2.23. The van der Waals surface area contributed by atoms with E-state index in [0.29, 0.717) is 28.2 Å². The summed E-state index contributed by atoms with van der Waals surface area (Å²) in [4.78, 5) is 25.0. The molecule has 8 nitrogen and oxygen atoms in total. The van der Waals surface area contributed by atoms with Gasteiger partial charge in [0.2, 0.25) is 11.8 Å². The van der Waals surface area contributed by atoms with Gasteiger partial charge >= 0.3 is 0 Å². The van der Waals surface area contributed by atoms with Crippen LogP contribution in [-0.4, -0.2) is 39.4 Å². The number of allylic oxidation sites excluding steroid dienone is 1. The Morgan fingerprint density at radius 2 is 1.94 bits per heavy atom. The predicted octanol–water partition coefficient (Wildman–Crippen LogP) is 4.59. The van der Waals surface area contributed by atoms with Crippen LogP contribution in [0.1, 0.15) is 29.9 Å². The zero-order valence-electron chi connectivity index (χ0n) is 19.9. The van der Waals surface area contributed by atoms with Gasteiger partial charge in [0.1, 0.15) is 5.75 Å². The van der Waals surface area contributed by atoms with Gasteiger partial charge in [0.15, 0.2) is 11.0 Å². The molecule has 1 aromatic heterocycles. The molecule has 0 aliphatic carbocycles. The number of methoxy groups -OCH3 is 1. The average molecular weight is 514 g/mol. The number of aromatic nitrogens is 3. The zero-order chi connectivity index (χ0) is 25.4. The fourth-order valence-corrected chi connectivity index (χ4v) is 4.25. The first-order chi connectivity index (χ1) is 16.8. The number of aryl methyl sites for hydroxylation is 1. The Balaban J connectivity index is 1.60. The van der Waals surface area contributed by atoms with E-state index in [1.807, 2.05) is 48.7 Å². The lowest BCUT2D eigenvalue weighted by molar-refractivity contribution is -0.121. The molecular weight excluding hydrogens is 486 g/mol. The Labute approximate surface area is 214 Å². The van der Waals surface area contributed by atoms with E-state index in [1.165, 1.54) is 11.8 Å². The minimum atomic E-state index is -0.383. The summed E-state index contributed by atoms with van der Waals surface area (Å²) in [6, 6.07) is 12.3. The van der Waals surface area contributed by atoms with Crippen molar-refractivity contribution in [1.82, 2.24) is 20.1 Å². The number of halogens is 1. The van der Waals surface area contributed by atoms with Gasteiger partial charge in [-0.15, -0.1) is 16.8 Å². The van der Waals surface area contributed by atoms with E-state index in [0.717, 1.165) is 16.9 Å². The molecule has 3 rings (SSSR count). The fraction of sp³-hybridized carbons (Fsp3) is 0.280. The summed E-state index contributed by atoms with van der Waals surface area (Å²) in [7, 11) is 1.60. The van der Waals surface area contributed by atoms with Gasteiger partial charge in [-0.2, -0.15) is 0 Å². The second kappa shape index (κ2) is 12.4. The fourth-order valence-electron chi connectivity index (χ4n) is 3.31. The summed E-state index contributed by atoms with van der Waals surface area (Å²) in [5.74, 6) is 1.13. The van der Waals surface area contributed by atoms with Gasteiger partial charge in [-0.05, 0) is 49.2 Å². The Kier molecular flexibility index (Phi) is 9.33. The Hall–Kier alpha value is -3.30. The smallest absolute Gasteiger partial charge is 0.234 e. The van der Waals surface area contributed by atoms with Crippen molar-refractivity contribution in [3.05, 3.63) is 77.1 Å². The summed E-state index contributed by atoms with van der Waals surface area (Å²) in [5, 5.41) is 15.4. The minimum Gasteiger partial charge on any atom is -0.497 e. The van der Waals surface area contributed by atoms with Gasteiger partial charge in [-0.1, -0.05) is 47.6 Å². The third kappa shape index (κ3) is 7.34. The number of rotatable bonds is 11. The van der Waals surface area contributed by atoms with Gasteiger partial charge < -0.3 is 19.9 Å². The second-order valence-corrected chi connectivity index (χ2v) is 9.20. The van der Waals surface area contributed by atoms with Crippen LogP contribution in [0.3, 0.4) is 0 Å². The highest BCUT2D eigenvalue weighted by atomic mass is 35.5. The molecular formula is C25H28ClN5O3S. The molecule has 0 unspecified atom stereocenters.